The van der Waals surface area contributed by atoms with E-state index in [1.807, 2.05) is 19.9 Å². The molecular formula is C15H22N4O2. The maximum absolute atomic E-state index is 12.1. The second kappa shape index (κ2) is 6.03. The molecule has 4 N–H and O–H groups in total. The standard InChI is InChI=1S/C15H22N4O2/c1-4-19(3)15(21)9(2)17-13-7-10-5-6-14(20)18-12(10)8-11(13)16/h7-9,17H,4-6,16H2,1-3H3,(H,18,20). The Hall–Kier alpha value is -2.24. The molecule has 6 heteroatoms. The summed E-state index contributed by atoms with van der Waals surface area (Å²) in [5, 5.41) is 5.97. The number of rotatable bonds is 4. The minimum atomic E-state index is -0.353. The van der Waals surface area contributed by atoms with Crippen molar-refractivity contribution < 1.29 is 9.59 Å². The van der Waals surface area contributed by atoms with E-state index in [1.165, 1.54) is 0 Å². The zero-order chi connectivity index (χ0) is 15.6. The number of anilines is 3. The number of hydrogen-bond acceptors (Lipinski definition) is 4. The van der Waals surface area contributed by atoms with Gasteiger partial charge in [0.05, 0.1) is 11.4 Å². The first-order valence-corrected chi connectivity index (χ1v) is 7.16. The number of nitrogen functional groups attached to an aromatic ring is 1. The molecule has 1 unspecified atom stereocenters. The van der Waals surface area contributed by atoms with Crippen molar-refractivity contribution in [1.29, 1.82) is 0 Å². The summed E-state index contributed by atoms with van der Waals surface area (Å²) >= 11 is 0. The van der Waals surface area contributed by atoms with Gasteiger partial charge in [-0.3, -0.25) is 9.59 Å². The molecular weight excluding hydrogens is 268 g/mol. The number of hydrogen-bond donors (Lipinski definition) is 3. The zero-order valence-electron chi connectivity index (χ0n) is 12.7. The third kappa shape index (κ3) is 3.26. The molecule has 0 fully saturated rings. The number of amides is 2. The number of carbonyl (C=O) groups is 2. The minimum Gasteiger partial charge on any atom is -0.397 e. The van der Waals surface area contributed by atoms with Gasteiger partial charge in [0.1, 0.15) is 6.04 Å². The highest BCUT2D eigenvalue weighted by Crippen LogP contribution is 2.31. The highest BCUT2D eigenvalue weighted by Gasteiger charge is 2.20. The Balaban J connectivity index is 2.17. The van der Waals surface area contributed by atoms with Crippen LogP contribution in [-0.4, -0.2) is 36.3 Å². The maximum Gasteiger partial charge on any atom is 0.244 e. The molecule has 2 amide bonds. The van der Waals surface area contributed by atoms with E-state index in [1.54, 1.807) is 18.0 Å². The van der Waals surface area contributed by atoms with Crippen molar-refractivity contribution in [3.8, 4) is 0 Å². The Kier molecular flexibility index (Phi) is 4.35. The van der Waals surface area contributed by atoms with Crippen molar-refractivity contribution in [2.24, 2.45) is 0 Å². The lowest BCUT2D eigenvalue weighted by atomic mass is 10.0. The molecule has 0 saturated carbocycles. The summed E-state index contributed by atoms with van der Waals surface area (Å²) < 4.78 is 0. The average Bonchev–Trinajstić information content (AvgIpc) is 2.46. The molecule has 0 aliphatic carbocycles. The normalized spacial score (nSPS) is 14.9. The smallest absolute Gasteiger partial charge is 0.244 e. The van der Waals surface area contributed by atoms with Crippen molar-refractivity contribution in [3.63, 3.8) is 0 Å². The van der Waals surface area contributed by atoms with Crippen LogP contribution in [0, 0.1) is 0 Å². The number of nitrogens with zero attached hydrogens (tertiary/aromatic N) is 1. The first kappa shape index (κ1) is 15.2. The SMILES string of the molecule is CCN(C)C(=O)C(C)Nc1cc2c(cc1N)NC(=O)CC2. The molecule has 0 bridgehead atoms. The van der Waals surface area contributed by atoms with Gasteiger partial charge >= 0.3 is 0 Å². The van der Waals surface area contributed by atoms with Gasteiger partial charge in [-0.1, -0.05) is 0 Å². The topological polar surface area (TPSA) is 87.5 Å². The number of carbonyl (C=O) groups excluding carboxylic acids is 2. The van der Waals surface area contributed by atoms with Crippen LogP contribution in [-0.2, 0) is 16.0 Å². The van der Waals surface area contributed by atoms with E-state index in [9.17, 15) is 9.59 Å². The molecule has 1 aromatic carbocycles. The fourth-order valence-electron chi connectivity index (χ4n) is 2.35. The summed E-state index contributed by atoms with van der Waals surface area (Å²) in [6.07, 6.45) is 1.16. The molecule has 1 heterocycles. The third-order valence-electron chi connectivity index (χ3n) is 3.76. The van der Waals surface area contributed by atoms with Gasteiger partial charge in [0.2, 0.25) is 11.8 Å². The highest BCUT2D eigenvalue weighted by atomic mass is 16.2. The predicted octanol–water partition coefficient (Wildman–Crippen LogP) is 1.43. The van der Waals surface area contributed by atoms with E-state index in [2.05, 4.69) is 10.6 Å². The van der Waals surface area contributed by atoms with E-state index >= 15 is 0 Å². The van der Waals surface area contributed by atoms with Gasteiger partial charge < -0.3 is 21.3 Å². The average molecular weight is 290 g/mol. The molecule has 21 heavy (non-hydrogen) atoms. The molecule has 0 radical (unpaired) electrons. The number of aryl methyl sites for hydroxylation is 1. The molecule has 1 aliphatic rings. The van der Waals surface area contributed by atoms with Gasteiger partial charge in [0.25, 0.3) is 0 Å². The zero-order valence-corrected chi connectivity index (χ0v) is 12.7. The first-order chi connectivity index (χ1) is 9.92. The van der Waals surface area contributed by atoms with E-state index < -0.39 is 0 Å². The van der Waals surface area contributed by atoms with Crippen molar-refractivity contribution >= 4 is 28.9 Å². The van der Waals surface area contributed by atoms with Crippen LogP contribution in [0.4, 0.5) is 17.1 Å². The summed E-state index contributed by atoms with van der Waals surface area (Å²) in [6, 6.07) is 3.31. The van der Waals surface area contributed by atoms with Crippen molar-refractivity contribution in [1.82, 2.24) is 4.90 Å². The number of benzene rings is 1. The number of fused-ring (bicyclic) bond motifs is 1. The van der Waals surface area contributed by atoms with Crippen LogP contribution < -0.4 is 16.4 Å². The van der Waals surface area contributed by atoms with Crippen LogP contribution in [0.15, 0.2) is 12.1 Å². The Bertz CT molecular complexity index is 571. The number of nitrogens with one attached hydrogen (secondary N) is 2. The largest absolute Gasteiger partial charge is 0.397 e. The first-order valence-electron chi connectivity index (χ1n) is 7.16. The Morgan fingerprint density at radius 2 is 2.19 bits per heavy atom. The van der Waals surface area contributed by atoms with Crippen LogP contribution in [0.3, 0.4) is 0 Å². The summed E-state index contributed by atoms with van der Waals surface area (Å²) in [7, 11) is 1.77. The van der Waals surface area contributed by atoms with Gasteiger partial charge in [-0.15, -0.1) is 0 Å². The van der Waals surface area contributed by atoms with Crippen molar-refractivity contribution in [2.45, 2.75) is 32.7 Å². The third-order valence-corrected chi connectivity index (χ3v) is 3.76. The lowest BCUT2D eigenvalue weighted by Crippen LogP contribution is -2.39. The van der Waals surface area contributed by atoms with Gasteiger partial charge in [-0.2, -0.15) is 0 Å². The van der Waals surface area contributed by atoms with Crippen LogP contribution in [0.1, 0.15) is 25.8 Å². The minimum absolute atomic E-state index is 0.00993. The lowest BCUT2D eigenvalue weighted by molar-refractivity contribution is -0.130. The Labute approximate surface area is 124 Å². The van der Waals surface area contributed by atoms with E-state index in [0.29, 0.717) is 25.1 Å². The molecule has 0 saturated heterocycles. The Morgan fingerprint density at radius 3 is 2.86 bits per heavy atom. The lowest BCUT2D eigenvalue weighted by Gasteiger charge is -2.24. The molecule has 0 spiro atoms. The molecule has 1 aromatic rings. The van der Waals surface area contributed by atoms with E-state index in [0.717, 1.165) is 16.9 Å². The second-order valence-corrected chi connectivity index (χ2v) is 5.36. The Morgan fingerprint density at radius 1 is 1.48 bits per heavy atom. The van der Waals surface area contributed by atoms with Gasteiger partial charge in [-0.05, 0) is 38.0 Å². The molecule has 2 rings (SSSR count). The summed E-state index contributed by atoms with van der Waals surface area (Å²) in [4.78, 5) is 25.1. The van der Waals surface area contributed by atoms with Gasteiger partial charge in [-0.25, -0.2) is 0 Å². The van der Waals surface area contributed by atoms with Crippen LogP contribution in [0.25, 0.3) is 0 Å². The monoisotopic (exact) mass is 290 g/mol. The molecule has 1 aliphatic heterocycles. The number of likely N-dealkylation sites (N-methyl/N-ethyl adjacent to an activating group) is 1. The van der Waals surface area contributed by atoms with Crippen molar-refractivity contribution in [2.75, 3.05) is 30.0 Å². The van der Waals surface area contributed by atoms with E-state index in [4.69, 9.17) is 5.73 Å². The van der Waals surface area contributed by atoms with Crippen LogP contribution in [0.2, 0.25) is 0 Å². The van der Waals surface area contributed by atoms with Crippen LogP contribution >= 0.6 is 0 Å². The van der Waals surface area contributed by atoms with Gasteiger partial charge in [0, 0.05) is 25.7 Å². The van der Waals surface area contributed by atoms with E-state index in [-0.39, 0.29) is 17.9 Å². The molecule has 114 valence electrons. The van der Waals surface area contributed by atoms with Gasteiger partial charge in [0.15, 0.2) is 0 Å². The quantitative estimate of drug-likeness (QED) is 0.732. The summed E-state index contributed by atoms with van der Waals surface area (Å²) in [5.74, 6) is 0.0265. The fraction of sp³-hybridized carbons (Fsp3) is 0.467. The second-order valence-electron chi connectivity index (χ2n) is 5.36. The van der Waals surface area contributed by atoms with Crippen LogP contribution in [0.5, 0.6) is 0 Å². The summed E-state index contributed by atoms with van der Waals surface area (Å²) in [5.41, 5.74) is 9.06. The van der Waals surface area contributed by atoms with Crippen molar-refractivity contribution in [3.05, 3.63) is 17.7 Å². The highest BCUT2D eigenvalue weighted by molar-refractivity contribution is 5.96. The predicted molar refractivity (Wildman–Crippen MR) is 84.2 cm³/mol. The fourth-order valence-corrected chi connectivity index (χ4v) is 2.35. The molecule has 0 aromatic heterocycles. The maximum atomic E-state index is 12.1. The molecule has 6 nitrogen and oxygen atoms in total. The summed E-state index contributed by atoms with van der Waals surface area (Å²) in [6.45, 7) is 4.41. The molecule has 1 atom stereocenters. The number of nitrogens with two attached hydrogens (primary N) is 1.